The Kier molecular flexibility index (Phi) is 3.42. The van der Waals surface area contributed by atoms with Crippen LogP contribution in [0, 0.1) is 5.92 Å². The van der Waals surface area contributed by atoms with E-state index in [9.17, 15) is 0 Å². The van der Waals surface area contributed by atoms with E-state index in [1.54, 1.807) is 7.11 Å². The van der Waals surface area contributed by atoms with E-state index in [1.807, 2.05) is 0 Å². The maximum absolute atomic E-state index is 5.63. The Morgan fingerprint density at radius 3 is 2.77 bits per heavy atom. The predicted molar refractivity (Wildman–Crippen MR) is 53.9 cm³/mol. The number of hydrogen-bond acceptors (Lipinski definition) is 4. The Balaban J connectivity index is 2.72. The summed E-state index contributed by atoms with van der Waals surface area (Å²) in [6, 6.07) is 0. The molecule has 0 fully saturated rings. The second kappa shape index (κ2) is 4.37. The summed E-state index contributed by atoms with van der Waals surface area (Å²) in [5.41, 5.74) is 6.63. The van der Waals surface area contributed by atoms with E-state index in [2.05, 4.69) is 24.1 Å². The lowest BCUT2D eigenvalue weighted by Crippen LogP contribution is -2.32. The van der Waals surface area contributed by atoms with Crippen molar-refractivity contribution in [3.05, 3.63) is 0 Å². The summed E-state index contributed by atoms with van der Waals surface area (Å²) < 4.78 is 5.28. The molecule has 0 saturated heterocycles. The maximum atomic E-state index is 5.63. The molecule has 4 heteroatoms. The van der Waals surface area contributed by atoms with E-state index < -0.39 is 0 Å². The highest BCUT2D eigenvalue weighted by Crippen LogP contribution is 2.14. The Hall–Kier alpha value is -0.900. The lowest BCUT2D eigenvalue weighted by atomic mass is 9.98. The van der Waals surface area contributed by atoms with Crippen molar-refractivity contribution in [2.75, 3.05) is 7.11 Å². The maximum Gasteiger partial charge on any atom is 0.125 e. The van der Waals surface area contributed by atoms with Gasteiger partial charge in [0.2, 0.25) is 0 Å². The minimum absolute atomic E-state index is 0.0966. The zero-order valence-corrected chi connectivity index (χ0v) is 8.45. The fraction of sp³-hybridized carbons (Fsp3) is 0.778. The number of amidine groups is 1. The summed E-state index contributed by atoms with van der Waals surface area (Å²) in [7, 11) is 1.70. The number of ether oxygens (including phenoxy) is 1. The van der Waals surface area contributed by atoms with Crippen LogP contribution in [-0.2, 0) is 4.74 Å². The highest BCUT2D eigenvalue weighted by atomic mass is 16.5. The largest absolute Gasteiger partial charge is 0.385 e. The van der Waals surface area contributed by atoms with Gasteiger partial charge >= 0.3 is 0 Å². The summed E-state index contributed by atoms with van der Waals surface area (Å²) in [6.07, 6.45) is 1.89. The third kappa shape index (κ3) is 2.28. The number of nitrogens with two attached hydrogens (primary N) is 1. The lowest BCUT2D eigenvalue weighted by molar-refractivity contribution is 0.150. The average molecular weight is 183 g/mol. The van der Waals surface area contributed by atoms with E-state index >= 15 is 0 Å². The Morgan fingerprint density at radius 1 is 1.62 bits per heavy atom. The fourth-order valence-corrected chi connectivity index (χ4v) is 1.41. The van der Waals surface area contributed by atoms with Gasteiger partial charge in [-0.15, -0.1) is 5.10 Å². The molecule has 4 nitrogen and oxygen atoms in total. The van der Waals surface area contributed by atoms with Gasteiger partial charge < -0.3 is 10.5 Å². The molecule has 0 bridgehead atoms. The van der Waals surface area contributed by atoms with Crippen molar-refractivity contribution >= 4 is 11.5 Å². The van der Waals surface area contributed by atoms with Crippen LogP contribution in [0.3, 0.4) is 0 Å². The summed E-state index contributed by atoms with van der Waals surface area (Å²) in [5, 5.41) is 7.97. The molecule has 0 spiro atoms. The molecule has 1 aliphatic heterocycles. The van der Waals surface area contributed by atoms with Gasteiger partial charge in [-0.1, -0.05) is 13.8 Å². The number of rotatable bonds is 3. The minimum Gasteiger partial charge on any atom is -0.385 e. The molecular formula is C9H17N3O. The normalized spacial score (nSPS) is 25.0. The molecule has 1 aliphatic rings. The van der Waals surface area contributed by atoms with Gasteiger partial charge in [0.1, 0.15) is 5.84 Å². The van der Waals surface area contributed by atoms with E-state index in [0.29, 0.717) is 5.84 Å². The second-order valence-corrected chi connectivity index (χ2v) is 3.35. The van der Waals surface area contributed by atoms with E-state index in [4.69, 9.17) is 10.5 Å². The Morgan fingerprint density at radius 2 is 2.31 bits per heavy atom. The Bertz CT molecular complexity index is 231. The van der Waals surface area contributed by atoms with Gasteiger partial charge in [0, 0.05) is 13.0 Å². The van der Waals surface area contributed by atoms with Gasteiger partial charge in [0.25, 0.3) is 0 Å². The van der Waals surface area contributed by atoms with Crippen molar-refractivity contribution in [2.45, 2.75) is 32.8 Å². The molecule has 0 aromatic heterocycles. The van der Waals surface area contributed by atoms with Gasteiger partial charge in [-0.05, 0) is 12.8 Å². The van der Waals surface area contributed by atoms with Crippen LogP contribution in [0.5, 0.6) is 0 Å². The zero-order valence-electron chi connectivity index (χ0n) is 8.45. The van der Waals surface area contributed by atoms with Gasteiger partial charge in [0.15, 0.2) is 0 Å². The molecule has 0 aliphatic carbocycles. The molecule has 74 valence electrons. The third-order valence-electron chi connectivity index (χ3n) is 2.34. The molecule has 1 rings (SSSR count). The van der Waals surface area contributed by atoms with Crippen molar-refractivity contribution in [3.8, 4) is 0 Å². The molecule has 2 unspecified atom stereocenters. The van der Waals surface area contributed by atoms with Crippen LogP contribution >= 0.6 is 0 Å². The predicted octanol–water partition coefficient (Wildman–Crippen LogP) is 1.16. The molecule has 0 amide bonds. The SMILES string of the molecule is CCC(OC)C1=NN=C(N)C(C)C1. The van der Waals surface area contributed by atoms with Crippen LogP contribution in [0.4, 0.5) is 0 Å². The average Bonchev–Trinajstić information content (AvgIpc) is 2.13. The summed E-state index contributed by atoms with van der Waals surface area (Å²) in [4.78, 5) is 0. The molecule has 0 saturated carbocycles. The van der Waals surface area contributed by atoms with Gasteiger partial charge in [0.05, 0.1) is 11.8 Å². The fourth-order valence-electron chi connectivity index (χ4n) is 1.41. The highest BCUT2D eigenvalue weighted by molar-refractivity contribution is 5.96. The topological polar surface area (TPSA) is 60.0 Å². The van der Waals surface area contributed by atoms with Crippen LogP contribution in [0.2, 0.25) is 0 Å². The molecule has 2 atom stereocenters. The molecule has 13 heavy (non-hydrogen) atoms. The first-order valence-electron chi connectivity index (χ1n) is 4.61. The van der Waals surface area contributed by atoms with Crippen molar-refractivity contribution in [3.63, 3.8) is 0 Å². The van der Waals surface area contributed by atoms with Crippen molar-refractivity contribution in [2.24, 2.45) is 21.9 Å². The third-order valence-corrected chi connectivity index (χ3v) is 2.34. The second-order valence-electron chi connectivity index (χ2n) is 3.35. The number of hydrogen-bond donors (Lipinski definition) is 1. The zero-order chi connectivity index (χ0) is 9.84. The van der Waals surface area contributed by atoms with Crippen LogP contribution in [0.25, 0.3) is 0 Å². The minimum atomic E-state index is 0.0966. The van der Waals surface area contributed by atoms with Crippen molar-refractivity contribution in [1.29, 1.82) is 0 Å². The van der Waals surface area contributed by atoms with E-state index in [0.717, 1.165) is 18.6 Å². The molecule has 2 N–H and O–H groups in total. The first kappa shape index (κ1) is 10.2. The summed E-state index contributed by atoms with van der Waals surface area (Å²) in [6.45, 7) is 4.12. The standard InChI is InChI=1S/C9H17N3O/c1-4-8(13-3)7-5-6(2)9(10)12-11-7/h6,8H,4-5H2,1-3H3,(H2,10,12). The number of nitrogens with zero attached hydrogens (tertiary/aromatic N) is 2. The van der Waals surface area contributed by atoms with Crippen LogP contribution in [0.1, 0.15) is 26.7 Å². The van der Waals surface area contributed by atoms with E-state index in [-0.39, 0.29) is 12.0 Å². The molecule has 1 heterocycles. The lowest BCUT2D eigenvalue weighted by Gasteiger charge is -2.21. The highest BCUT2D eigenvalue weighted by Gasteiger charge is 2.21. The summed E-state index contributed by atoms with van der Waals surface area (Å²) >= 11 is 0. The van der Waals surface area contributed by atoms with Crippen LogP contribution < -0.4 is 5.73 Å². The van der Waals surface area contributed by atoms with Gasteiger partial charge in [-0.2, -0.15) is 5.10 Å². The molecular weight excluding hydrogens is 166 g/mol. The summed E-state index contributed by atoms with van der Waals surface area (Å²) in [5.74, 6) is 0.909. The quantitative estimate of drug-likeness (QED) is 0.713. The molecule has 0 radical (unpaired) electrons. The molecule has 0 aromatic carbocycles. The van der Waals surface area contributed by atoms with Crippen molar-refractivity contribution in [1.82, 2.24) is 0 Å². The van der Waals surface area contributed by atoms with Gasteiger partial charge in [-0.25, -0.2) is 0 Å². The van der Waals surface area contributed by atoms with E-state index in [1.165, 1.54) is 0 Å². The van der Waals surface area contributed by atoms with Crippen LogP contribution in [-0.4, -0.2) is 24.8 Å². The number of methoxy groups -OCH3 is 1. The van der Waals surface area contributed by atoms with Crippen LogP contribution in [0.15, 0.2) is 10.2 Å². The van der Waals surface area contributed by atoms with Crippen molar-refractivity contribution < 1.29 is 4.74 Å². The van der Waals surface area contributed by atoms with Gasteiger partial charge in [-0.3, -0.25) is 0 Å². The Labute approximate surface area is 78.9 Å². The molecule has 0 aromatic rings. The smallest absolute Gasteiger partial charge is 0.125 e. The first-order chi connectivity index (χ1) is 6.19. The first-order valence-corrected chi connectivity index (χ1v) is 4.61. The monoisotopic (exact) mass is 183 g/mol.